The van der Waals surface area contributed by atoms with E-state index < -0.39 is 6.04 Å². The lowest BCUT2D eigenvalue weighted by molar-refractivity contribution is -0.148. The topological polar surface area (TPSA) is 96.0 Å². The van der Waals surface area contributed by atoms with Gasteiger partial charge in [-0.05, 0) is 26.2 Å². The van der Waals surface area contributed by atoms with Crippen LogP contribution in [0, 0.1) is 5.92 Å². The molecule has 23 heavy (non-hydrogen) atoms. The molecular weight excluding hydrogens is 302 g/mol. The van der Waals surface area contributed by atoms with E-state index in [1.54, 1.807) is 6.92 Å². The Labute approximate surface area is 134 Å². The number of urea groups is 1. The van der Waals surface area contributed by atoms with Crippen LogP contribution in [0.15, 0.2) is 0 Å². The molecule has 3 heterocycles. The van der Waals surface area contributed by atoms with Crippen LogP contribution in [0.3, 0.4) is 0 Å². The van der Waals surface area contributed by atoms with Crippen molar-refractivity contribution in [3.8, 4) is 0 Å². The Balaban J connectivity index is 1.78. The molecule has 3 aliphatic rings. The predicted octanol–water partition coefficient (Wildman–Crippen LogP) is -0.131. The summed E-state index contributed by atoms with van der Waals surface area (Å²) in [5, 5.41) is 2.79. The number of carbonyl (C=O) groups excluding carboxylic acids is 4. The maximum atomic E-state index is 12.7. The Hall–Kier alpha value is -2.12. The van der Waals surface area contributed by atoms with E-state index in [1.165, 1.54) is 16.9 Å². The molecule has 8 heteroatoms. The van der Waals surface area contributed by atoms with Crippen LogP contribution in [-0.2, 0) is 19.1 Å². The molecule has 4 amide bonds. The van der Waals surface area contributed by atoms with Crippen LogP contribution < -0.4 is 5.32 Å². The normalized spacial score (nSPS) is 34.3. The maximum absolute atomic E-state index is 12.7. The van der Waals surface area contributed by atoms with Crippen molar-refractivity contribution in [3.05, 3.63) is 0 Å². The summed E-state index contributed by atoms with van der Waals surface area (Å²) in [7, 11) is 1.32. The third-order valence-electron chi connectivity index (χ3n) is 5.06. The summed E-state index contributed by atoms with van der Waals surface area (Å²) in [6.07, 6.45) is 1.79. The van der Waals surface area contributed by atoms with Gasteiger partial charge in [0, 0.05) is 19.0 Å². The van der Waals surface area contributed by atoms with Crippen LogP contribution in [0.5, 0.6) is 0 Å². The first-order valence-corrected chi connectivity index (χ1v) is 7.95. The Morgan fingerprint density at radius 3 is 2.61 bits per heavy atom. The minimum Gasteiger partial charge on any atom is -0.469 e. The highest BCUT2D eigenvalue weighted by molar-refractivity contribution is 6.05. The van der Waals surface area contributed by atoms with Crippen molar-refractivity contribution in [1.82, 2.24) is 15.1 Å². The van der Waals surface area contributed by atoms with Crippen molar-refractivity contribution in [1.29, 1.82) is 0 Å². The lowest BCUT2D eigenvalue weighted by Gasteiger charge is -2.35. The van der Waals surface area contributed by atoms with Crippen LogP contribution in [0.25, 0.3) is 0 Å². The smallest absolute Gasteiger partial charge is 0.327 e. The molecule has 3 saturated heterocycles. The fourth-order valence-corrected chi connectivity index (χ4v) is 3.80. The number of rotatable bonds is 2. The first-order valence-electron chi connectivity index (χ1n) is 7.95. The van der Waals surface area contributed by atoms with Crippen molar-refractivity contribution in [2.24, 2.45) is 5.92 Å². The van der Waals surface area contributed by atoms with Crippen molar-refractivity contribution >= 4 is 23.8 Å². The van der Waals surface area contributed by atoms with Crippen molar-refractivity contribution < 1.29 is 23.9 Å². The average Bonchev–Trinajstić information content (AvgIpc) is 2.78. The van der Waals surface area contributed by atoms with Gasteiger partial charge >= 0.3 is 12.0 Å². The van der Waals surface area contributed by atoms with E-state index in [2.05, 4.69) is 5.32 Å². The number of carbonyl (C=O) groups is 4. The number of fused-ring (bicyclic) bond motifs is 1. The molecule has 0 bridgehead atoms. The van der Waals surface area contributed by atoms with E-state index in [4.69, 9.17) is 4.74 Å². The number of piperidine rings is 2. The second-order valence-corrected chi connectivity index (χ2v) is 6.42. The standard InChI is InChI=1S/C15H21N3O5/c1-8-10(5-6-12(19)16-8)18-13(20)11-4-3-9(14(21)23-2)7-17(11)15(18)22/h8-11H,3-7H2,1-2H3,(H,16,19). The summed E-state index contributed by atoms with van der Waals surface area (Å²) in [6, 6.07) is -1.44. The maximum Gasteiger partial charge on any atom is 0.327 e. The Morgan fingerprint density at radius 2 is 1.96 bits per heavy atom. The summed E-state index contributed by atoms with van der Waals surface area (Å²) in [4.78, 5) is 51.3. The average molecular weight is 323 g/mol. The number of nitrogens with zero attached hydrogens (tertiary/aromatic N) is 2. The zero-order valence-electron chi connectivity index (χ0n) is 13.3. The highest BCUT2D eigenvalue weighted by Crippen LogP contribution is 2.33. The number of esters is 1. The lowest BCUT2D eigenvalue weighted by Crippen LogP contribution is -2.56. The van der Waals surface area contributed by atoms with Crippen molar-refractivity contribution in [2.45, 2.75) is 50.7 Å². The Morgan fingerprint density at radius 1 is 1.22 bits per heavy atom. The lowest BCUT2D eigenvalue weighted by atomic mass is 9.93. The van der Waals surface area contributed by atoms with Crippen LogP contribution in [0.2, 0.25) is 0 Å². The number of hydrogen-bond donors (Lipinski definition) is 1. The molecule has 0 aliphatic carbocycles. The van der Waals surface area contributed by atoms with Gasteiger partial charge in [-0.3, -0.25) is 19.3 Å². The van der Waals surface area contributed by atoms with Gasteiger partial charge in [0.1, 0.15) is 6.04 Å². The van der Waals surface area contributed by atoms with Gasteiger partial charge in [0.2, 0.25) is 5.91 Å². The summed E-state index contributed by atoms with van der Waals surface area (Å²) in [6.45, 7) is 2.02. The molecule has 0 aromatic heterocycles. The largest absolute Gasteiger partial charge is 0.469 e. The van der Waals surface area contributed by atoms with E-state index in [1.807, 2.05) is 0 Å². The molecule has 0 aromatic carbocycles. The number of ether oxygens (including phenoxy) is 1. The molecule has 1 N–H and O–H groups in total. The highest BCUT2D eigenvalue weighted by Gasteiger charge is 2.52. The molecule has 4 unspecified atom stereocenters. The number of imide groups is 1. The van der Waals surface area contributed by atoms with Gasteiger partial charge in [0.25, 0.3) is 5.91 Å². The van der Waals surface area contributed by atoms with Crippen LogP contribution in [0.4, 0.5) is 4.79 Å². The highest BCUT2D eigenvalue weighted by atomic mass is 16.5. The molecule has 3 rings (SSSR count). The molecule has 4 atom stereocenters. The minimum absolute atomic E-state index is 0.0590. The summed E-state index contributed by atoms with van der Waals surface area (Å²) in [5.74, 6) is -1.00. The van der Waals surface area contributed by atoms with E-state index in [9.17, 15) is 19.2 Å². The quantitative estimate of drug-likeness (QED) is 0.564. The fraction of sp³-hybridized carbons (Fsp3) is 0.733. The molecule has 3 fully saturated rings. The fourth-order valence-electron chi connectivity index (χ4n) is 3.80. The monoisotopic (exact) mass is 323 g/mol. The van der Waals surface area contributed by atoms with Crippen molar-refractivity contribution in [3.63, 3.8) is 0 Å². The number of nitrogens with one attached hydrogen (secondary N) is 1. The predicted molar refractivity (Wildman–Crippen MR) is 78.1 cm³/mol. The molecule has 0 saturated carbocycles. The van der Waals surface area contributed by atoms with Crippen LogP contribution >= 0.6 is 0 Å². The molecule has 0 radical (unpaired) electrons. The van der Waals surface area contributed by atoms with Gasteiger partial charge in [-0.15, -0.1) is 0 Å². The van der Waals surface area contributed by atoms with Crippen LogP contribution in [-0.4, -0.2) is 65.4 Å². The first kappa shape index (κ1) is 15.8. The third kappa shape index (κ3) is 2.55. The van der Waals surface area contributed by atoms with Crippen LogP contribution in [0.1, 0.15) is 32.6 Å². The van der Waals surface area contributed by atoms with E-state index in [0.717, 1.165) is 0 Å². The molecule has 0 spiro atoms. The summed E-state index contributed by atoms with van der Waals surface area (Å²) < 4.78 is 4.75. The van der Waals surface area contributed by atoms with E-state index in [-0.39, 0.29) is 48.4 Å². The van der Waals surface area contributed by atoms with E-state index in [0.29, 0.717) is 25.7 Å². The Bertz CT molecular complexity index is 563. The first-order chi connectivity index (χ1) is 10.9. The molecule has 0 aromatic rings. The van der Waals surface area contributed by atoms with Crippen molar-refractivity contribution in [2.75, 3.05) is 13.7 Å². The van der Waals surface area contributed by atoms with Gasteiger partial charge in [0.15, 0.2) is 0 Å². The molecular formula is C15H21N3O5. The zero-order chi connectivity index (χ0) is 16.7. The Kier molecular flexibility index (Phi) is 3.99. The minimum atomic E-state index is -0.492. The molecule has 126 valence electrons. The second-order valence-electron chi connectivity index (χ2n) is 6.42. The zero-order valence-corrected chi connectivity index (χ0v) is 13.3. The van der Waals surface area contributed by atoms with Gasteiger partial charge in [-0.1, -0.05) is 0 Å². The van der Waals surface area contributed by atoms with Gasteiger partial charge in [0.05, 0.1) is 19.1 Å². The summed E-state index contributed by atoms with van der Waals surface area (Å²) in [5.41, 5.74) is 0. The number of hydrogen-bond acceptors (Lipinski definition) is 5. The SMILES string of the molecule is COC(=O)C1CCC2C(=O)N(C3CCC(=O)NC3C)C(=O)N2C1. The summed E-state index contributed by atoms with van der Waals surface area (Å²) >= 11 is 0. The second kappa shape index (κ2) is 5.82. The third-order valence-corrected chi connectivity index (χ3v) is 5.06. The molecule has 3 aliphatic heterocycles. The van der Waals surface area contributed by atoms with E-state index >= 15 is 0 Å². The number of methoxy groups -OCH3 is 1. The number of amides is 4. The molecule has 8 nitrogen and oxygen atoms in total. The van der Waals surface area contributed by atoms with Gasteiger partial charge in [-0.25, -0.2) is 4.79 Å². The van der Waals surface area contributed by atoms with Gasteiger partial charge in [-0.2, -0.15) is 0 Å². The van der Waals surface area contributed by atoms with Gasteiger partial charge < -0.3 is 15.0 Å².